The molecule has 5 nitrogen and oxygen atoms in total. The second-order valence-corrected chi connectivity index (χ2v) is 6.24. The number of halogens is 4. The molecule has 0 aliphatic rings. The molecule has 0 saturated carbocycles. The Morgan fingerprint density at radius 2 is 1.93 bits per heavy atom. The molecular formula is C18H14ClF3N2O3. The predicted octanol–water partition coefficient (Wildman–Crippen LogP) is 4.69. The van der Waals surface area contributed by atoms with E-state index >= 15 is 0 Å². The molecule has 0 spiro atoms. The fourth-order valence-electron chi connectivity index (χ4n) is 2.67. The molecule has 9 heteroatoms. The van der Waals surface area contributed by atoms with Gasteiger partial charge in [-0.05, 0) is 36.8 Å². The van der Waals surface area contributed by atoms with Gasteiger partial charge < -0.3 is 9.73 Å². The molecule has 0 unspecified atom stereocenters. The van der Waals surface area contributed by atoms with E-state index in [2.05, 4.69) is 5.32 Å². The normalized spacial score (nSPS) is 11.7. The average Bonchev–Trinajstić information content (AvgIpc) is 2.91. The third-order valence-electron chi connectivity index (χ3n) is 3.91. The Bertz CT molecular complexity index is 1040. The number of fused-ring (bicyclic) bond motifs is 1. The molecule has 27 heavy (non-hydrogen) atoms. The van der Waals surface area contributed by atoms with Gasteiger partial charge in [-0.2, -0.15) is 13.2 Å². The maximum absolute atomic E-state index is 12.9. The molecule has 3 rings (SSSR count). The minimum atomic E-state index is -4.61. The monoisotopic (exact) mass is 398 g/mol. The second kappa shape index (κ2) is 7.48. The molecule has 1 heterocycles. The zero-order chi connectivity index (χ0) is 19.6. The van der Waals surface area contributed by atoms with Crippen LogP contribution in [0.15, 0.2) is 51.7 Å². The van der Waals surface area contributed by atoms with E-state index < -0.39 is 28.4 Å². The Balaban J connectivity index is 1.62. The number of carbonyl (C=O) groups is 1. The van der Waals surface area contributed by atoms with E-state index in [1.165, 1.54) is 10.6 Å². The van der Waals surface area contributed by atoms with Crippen LogP contribution in [0.25, 0.3) is 11.1 Å². The van der Waals surface area contributed by atoms with Gasteiger partial charge in [0.15, 0.2) is 5.58 Å². The lowest BCUT2D eigenvalue weighted by molar-refractivity contribution is -0.137. The van der Waals surface area contributed by atoms with E-state index in [9.17, 15) is 22.8 Å². The highest BCUT2D eigenvalue weighted by atomic mass is 35.5. The van der Waals surface area contributed by atoms with E-state index in [0.29, 0.717) is 17.5 Å². The molecule has 3 aromatic rings. The first kappa shape index (κ1) is 19.0. The number of anilines is 1. The van der Waals surface area contributed by atoms with Gasteiger partial charge in [0, 0.05) is 18.7 Å². The van der Waals surface area contributed by atoms with E-state index in [4.69, 9.17) is 16.0 Å². The van der Waals surface area contributed by atoms with Crippen molar-refractivity contribution < 1.29 is 22.4 Å². The zero-order valence-electron chi connectivity index (χ0n) is 13.8. The molecule has 0 atom stereocenters. The Morgan fingerprint density at radius 3 is 2.67 bits per heavy atom. The summed E-state index contributed by atoms with van der Waals surface area (Å²) >= 11 is 5.55. The molecule has 0 radical (unpaired) electrons. The van der Waals surface area contributed by atoms with Gasteiger partial charge in [-0.15, -0.1) is 0 Å². The Labute approximate surface area is 156 Å². The van der Waals surface area contributed by atoms with Gasteiger partial charge >= 0.3 is 11.9 Å². The number of hydrogen-bond acceptors (Lipinski definition) is 3. The van der Waals surface area contributed by atoms with E-state index in [1.54, 1.807) is 24.3 Å². The molecule has 0 aliphatic carbocycles. The first-order valence-electron chi connectivity index (χ1n) is 8.00. The summed E-state index contributed by atoms with van der Waals surface area (Å²) in [5, 5.41) is 1.97. The number of alkyl halides is 3. The lowest BCUT2D eigenvalue weighted by Gasteiger charge is -2.11. The number of benzene rings is 2. The summed E-state index contributed by atoms with van der Waals surface area (Å²) in [6.45, 7) is 0.248. The molecule has 0 saturated heterocycles. The van der Waals surface area contributed by atoms with Crippen LogP contribution in [0.2, 0.25) is 5.02 Å². The molecule has 0 bridgehead atoms. The van der Waals surface area contributed by atoms with Crippen LogP contribution in [0.3, 0.4) is 0 Å². The topological polar surface area (TPSA) is 64.2 Å². The summed E-state index contributed by atoms with van der Waals surface area (Å²) in [6.07, 6.45) is -4.27. The van der Waals surface area contributed by atoms with Crippen molar-refractivity contribution in [3.63, 3.8) is 0 Å². The SMILES string of the molecule is O=C(CCCn1c(=O)oc2ccccc21)Nc1ccc(Cl)c(C(F)(F)F)c1. The predicted molar refractivity (Wildman–Crippen MR) is 94.8 cm³/mol. The number of hydrogen-bond donors (Lipinski definition) is 1. The number of para-hydroxylation sites is 2. The van der Waals surface area contributed by atoms with Crippen LogP contribution >= 0.6 is 11.6 Å². The van der Waals surface area contributed by atoms with Gasteiger partial charge in [0.25, 0.3) is 0 Å². The summed E-state index contributed by atoms with van der Waals surface area (Å²) in [4.78, 5) is 23.8. The molecule has 0 fully saturated rings. The van der Waals surface area contributed by atoms with Crippen LogP contribution in [0, 0.1) is 0 Å². The van der Waals surface area contributed by atoms with Crippen molar-refractivity contribution in [1.82, 2.24) is 4.57 Å². The minimum absolute atomic E-state index is 0.00246. The number of carbonyl (C=O) groups excluding carboxylic acids is 1. The summed E-state index contributed by atoms with van der Waals surface area (Å²) in [5.74, 6) is -0.990. The van der Waals surface area contributed by atoms with Crippen molar-refractivity contribution in [2.75, 3.05) is 5.32 Å². The Hall–Kier alpha value is -2.74. The minimum Gasteiger partial charge on any atom is -0.408 e. The Morgan fingerprint density at radius 1 is 1.19 bits per heavy atom. The highest BCUT2D eigenvalue weighted by Crippen LogP contribution is 2.36. The first-order valence-corrected chi connectivity index (χ1v) is 8.38. The number of rotatable bonds is 5. The highest BCUT2D eigenvalue weighted by Gasteiger charge is 2.33. The quantitative estimate of drug-likeness (QED) is 0.678. The van der Waals surface area contributed by atoms with Crippen LogP contribution in [0.1, 0.15) is 18.4 Å². The van der Waals surface area contributed by atoms with Crippen LogP contribution < -0.4 is 11.1 Å². The highest BCUT2D eigenvalue weighted by molar-refractivity contribution is 6.31. The summed E-state index contributed by atoms with van der Waals surface area (Å²) in [5.41, 5.74) is 0.0595. The van der Waals surface area contributed by atoms with Gasteiger partial charge in [-0.3, -0.25) is 9.36 Å². The first-order chi connectivity index (χ1) is 12.8. The molecular weight excluding hydrogens is 385 g/mol. The maximum Gasteiger partial charge on any atom is 0.419 e. The molecule has 2 aromatic carbocycles. The number of nitrogens with one attached hydrogen (secondary N) is 1. The van der Waals surface area contributed by atoms with Gasteiger partial charge in [0.2, 0.25) is 5.91 Å². The van der Waals surface area contributed by atoms with Crippen LogP contribution in [-0.2, 0) is 17.5 Å². The van der Waals surface area contributed by atoms with Crippen molar-refractivity contribution in [2.24, 2.45) is 0 Å². The third kappa shape index (κ3) is 4.33. The Kier molecular flexibility index (Phi) is 5.27. The average molecular weight is 399 g/mol. The van der Waals surface area contributed by atoms with Gasteiger partial charge in [-0.1, -0.05) is 23.7 Å². The summed E-state index contributed by atoms with van der Waals surface area (Å²) < 4.78 is 45.1. The molecule has 142 valence electrons. The van der Waals surface area contributed by atoms with Crippen molar-refractivity contribution >= 4 is 34.3 Å². The smallest absolute Gasteiger partial charge is 0.408 e. The second-order valence-electron chi connectivity index (χ2n) is 5.83. The van der Waals surface area contributed by atoms with Gasteiger partial charge in [0.05, 0.1) is 16.1 Å². The van der Waals surface area contributed by atoms with Gasteiger partial charge in [0.1, 0.15) is 0 Å². The zero-order valence-corrected chi connectivity index (χ0v) is 14.6. The number of amides is 1. The maximum atomic E-state index is 12.9. The molecule has 0 aliphatic heterocycles. The van der Waals surface area contributed by atoms with Crippen LogP contribution in [0.4, 0.5) is 18.9 Å². The van der Waals surface area contributed by atoms with E-state index in [-0.39, 0.29) is 18.7 Å². The fraction of sp³-hybridized carbons (Fsp3) is 0.222. The van der Waals surface area contributed by atoms with Crippen LogP contribution in [0.5, 0.6) is 0 Å². The van der Waals surface area contributed by atoms with Crippen molar-refractivity contribution in [3.8, 4) is 0 Å². The van der Waals surface area contributed by atoms with E-state index in [1.807, 2.05) is 0 Å². The number of aromatic nitrogens is 1. The molecule has 1 amide bonds. The van der Waals surface area contributed by atoms with Crippen molar-refractivity contribution in [2.45, 2.75) is 25.6 Å². The standard InChI is InChI=1S/C18H14ClF3N2O3/c19-13-8-7-11(10-12(13)18(20,21)22)23-16(25)6-3-9-24-14-4-1-2-5-15(14)27-17(24)26/h1-2,4-5,7-8,10H,3,6,9H2,(H,23,25). The van der Waals surface area contributed by atoms with Crippen molar-refractivity contribution in [3.05, 3.63) is 63.6 Å². The summed E-state index contributed by atoms with van der Waals surface area (Å²) in [7, 11) is 0. The van der Waals surface area contributed by atoms with Gasteiger partial charge in [-0.25, -0.2) is 4.79 Å². The molecule has 1 N–H and O–H groups in total. The fourth-order valence-corrected chi connectivity index (χ4v) is 2.89. The number of oxazole rings is 1. The van der Waals surface area contributed by atoms with Crippen LogP contribution in [-0.4, -0.2) is 10.5 Å². The number of nitrogens with zero attached hydrogens (tertiary/aromatic N) is 1. The number of aryl methyl sites for hydroxylation is 1. The molecule has 1 aromatic heterocycles. The van der Waals surface area contributed by atoms with Crippen molar-refractivity contribution in [1.29, 1.82) is 0 Å². The third-order valence-corrected chi connectivity index (χ3v) is 4.24. The lowest BCUT2D eigenvalue weighted by atomic mass is 10.2. The summed E-state index contributed by atoms with van der Waals surface area (Å²) in [6, 6.07) is 10.1. The van der Waals surface area contributed by atoms with E-state index in [0.717, 1.165) is 12.1 Å². The largest absolute Gasteiger partial charge is 0.419 e. The lowest BCUT2D eigenvalue weighted by Crippen LogP contribution is -2.17.